The highest BCUT2D eigenvalue weighted by Gasteiger charge is 2.62. The third-order valence-corrected chi connectivity index (χ3v) is 4.99. The molecule has 0 aromatic rings. The number of cyclic esters (lactones) is 1. The topological polar surface area (TPSA) is 26.3 Å². The molecule has 0 amide bonds. The first-order valence-corrected chi connectivity index (χ1v) is 5.84. The summed E-state index contributed by atoms with van der Waals surface area (Å²) in [6.07, 6.45) is 4.83. The molecule has 14 heavy (non-hydrogen) atoms. The van der Waals surface area contributed by atoms with Gasteiger partial charge in [0.1, 0.15) is 6.10 Å². The molecule has 0 N–H and O–H groups in total. The Labute approximate surface area is 85.0 Å². The highest BCUT2D eigenvalue weighted by molar-refractivity contribution is 5.80. The Kier molecular flexibility index (Phi) is 1.58. The van der Waals surface area contributed by atoms with E-state index in [9.17, 15) is 4.79 Å². The Hall–Kier alpha value is -0.530. The average molecular weight is 194 g/mol. The standard InChI is InChI=1S/C12H18O2/c1-7-5-10-8(2)14-11(13)12(10)4-3-9(7)6-12/h7-10H,3-6H2,1-2H3/t7-,8?,9?,10?,12?/m0/s1. The molecule has 1 spiro atoms. The third-order valence-electron chi connectivity index (χ3n) is 4.99. The van der Waals surface area contributed by atoms with Crippen LogP contribution in [0.4, 0.5) is 0 Å². The Morgan fingerprint density at radius 3 is 3.00 bits per heavy atom. The molecule has 1 aliphatic heterocycles. The van der Waals surface area contributed by atoms with E-state index >= 15 is 0 Å². The molecule has 0 aromatic carbocycles. The average Bonchev–Trinajstić information content (AvgIpc) is 2.63. The first-order chi connectivity index (χ1) is 6.63. The van der Waals surface area contributed by atoms with E-state index in [-0.39, 0.29) is 17.5 Å². The molecule has 3 rings (SSSR count). The number of ether oxygens (including phenoxy) is 1. The first kappa shape index (κ1) is 8.75. The summed E-state index contributed by atoms with van der Waals surface area (Å²) in [5, 5.41) is 0. The molecule has 3 fully saturated rings. The number of hydrogen-bond donors (Lipinski definition) is 0. The smallest absolute Gasteiger partial charge is 0.312 e. The lowest BCUT2D eigenvalue weighted by Gasteiger charge is -2.36. The molecular weight excluding hydrogens is 176 g/mol. The summed E-state index contributed by atoms with van der Waals surface area (Å²) in [4.78, 5) is 11.9. The zero-order chi connectivity index (χ0) is 9.92. The van der Waals surface area contributed by atoms with E-state index in [1.54, 1.807) is 0 Å². The molecular formula is C12H18O2. The molecule has 2 saturated carbocycles. The highest BCUT2D eigenvalue weighted by Crippen LogP contribution is 2.61. The molecule has 0 radical (unpaired) electrons. The Morgan fingerprint density at radius 1 is 1.43 bits per heavy atom. The summed E-state index contributed by atoms with van der Waals surface area (Å²) >= 11 is 0. The summed E-state index contributed by atoms with van der Waals surface area (Å²) < 4.78 is 5.44. The van der Waals surface area contributed by atoms with Crippen molar-refractivity contribution in [3.05, 3.63) is 0 Å². The fraction of sp³-hybridized carbons (Fsp3) is 0.917. The van der Waals surface area contributed by atoms with Gasteiger partial charge in [0.15, 0.2) is 0 Å². The number of hydrogen-bond acceptors (Lipinski definition) is 2. The van der Waals surface area contributed by atoms with Crippen LogP contribution in [0.2, 0.25) is 0 Å². The van der Waals surface area contributed by atoms with Gasteiger partial charge in [0.2, 0.25) is 0 Å². The van der Waals surface area contributed by atoms with E-state index in [4.69, 9.17) is 4.74 Å². The normalized spacial score (nSPS) is 55.7. The summed E-state index contributed by atoms with van der Waals surface area (Å²) in [5.41, 5.74) is -0.0450. The first-order valence-electron chi connectivity index (χ1n) is 5.84. The van der Waals surface area contributed by atoms with Crippen LogP contribution >= 0.6 is 0 Å². The number of rotatable bonds is 0. The lowest BCUT2D eigenvalue weighted by molar-refractivity contribution is -0.148. The second-order valence-electron chi connectivity index (χ2n) is 5.59. The zero-order valence-corrected chi connectivity index (χ0v) is 8.95. The Balaban J connectivity index is 2.01. The highest BCUT2D eigenvalue weighted by atomic mass is 16.6. The molecule has 2 heteroatoms. The van der Waals surface area contributed by atoms with Crippen LogP contribution in [0.25, 0.3) is 0 Å². The zero-order valence-electron chi connectivity index (χ0n) is 8.95. The van der Waals surface area contributed by atoms with Crippen LogP contribution in [0.5, 0.6) is 0 Å². The molecule has 1 saturated heterocycles. The lowest BCUT2D eigenvalue weighted by Crippen LogP contribution is -2.37. The van der Waals surface area contributed by atoms with Crippen molar-refractivity contribution in [3.8, 4) is 0 Å². The third kappa shape index (κ3) is 0.850. The molecule has 1 heterocycles. The van der Waals surface area contributed by atoms with Crippen molar-refractivity contribution in [2.45, 2.75) is 45.6 Å². The van der Waals surface area contributed by atoms with Crippen LogP contribution in [0, 0.1) is 23.2 Å². The second kappa shape index (κ2) is 2.53. The lowest BCUT2D eigenvalue weighted by atomic mass is 9.64. The quantitative estimate of drug-likeness (QED) is 0.553. The van der Waals surface area contributed by atoms with E-state index < -0.39 is 0 Å². The minimum Gasteiger partial charge on any atom is -0.462 e. The predicted octanol–water partition coefficient (Wildman–Crippen LogP) is 2.37. The number of carbonyl (C=O) groups excluding carboxylic acids is 1. The van der Waals surface area contributed by atoms with Gasteiger partial charge in [-0.05, 0) is 44.4 Å². The van der Waals surface area contributed by atoms with Gasteiger partial charge in [-0.3, -0.25) is 4.79 Å². The van der Waals surface area contributed by atoms with Gasteiger partial charge < -0.3 is 4.74 Å². The predicted molar refractivity (Wildman–Crippen MR) is 52.6 cm³/mol. The maximum atomic E-state index is 11.9. The van der Waals surface area contributed by atoms with E-state index in [1.807, 2.05) is 0 Å². The minimum atomic E-state index is -0.0450. The SMILES string of the molecule is CC1OC(=O)C23CCC(C2)[C@@H](C)CC13. The monoisotopic (exact) mass is 194 g/mol. The Bertz CT molecular complexity index is 286. The summed E-state index contributed by atoms with van der Waals surface area (Å²) in [5.74, 6) is 2.23. The van der Waals surface area contributed by atoms with Gasteiger partial charge >= 0.3 is 5.97 Å². The van der Waals surface area contributed by atoms with E-state index in [1.165, 1.54) is 12.8 Å². The second-order valence-corrected chi connectivity index (χ2v) is 5.59. The van der Waals surface area contributed by atoms with Crippen molar-refractivity contribution in [3.63, 3.8) is 0 Å². The molecule has 2 nitrogen and oxygen atoms in total. The van der Waals surface area contributed by atoms with Crippen molar-refractivity contribution in [2.24, 2.45) is 23.2 Å². The molecule has 2 bridgehead atoms. The summed E-state index contributed by atoms with van der Waals surface area (Å²) in [6.45, 7) is 4.41. The van der Waals surface area contributed by atoms with Gasteiger partial charge in [-0.1, -0.05) is 6.92 Å². The molecule has 0 aromatic heterocycles. The van der Waals surface area contributed by atoms with Crippen molar-refractivity contribution in [2.75, 3.05) is 0 Å². The van der Waals surface area contributed by atoms with Gasteiger partial charge in [0.05, 0.1) is 5.41 Å². The number of esters is 1. The van der Waals surface area contributed by atoms with Crippen LogP contribution in [-0.4, -0.2) is 12.1 Å². The van der Waals surface area contributed by atoms with Crippen LogP contribution in [0.3, 0.4) is 0 Å². The van der Waals surface area contributed by atoms with E-state index in [0.29, 0.717) is 5.92 Å². The number of carbonyl (C=O) groups is 1. The molecule has 2 aliphatic carbocycles. The summed E-state index contributed by atoms with van der Waals surface area (Å²) in [7, 11) is 0. The largest absolute Gasteiger partial charge is 0.462 e. The van der Waals surface area contributed by atoms with E-state index in [0.717, 1.165) is 24.7 Å². The molecule has 78 valence electrons. The van der Waals surface area contributed by atoms with Crippen molar-refractivity contribution >= 4 is 5.97 Å². The summed E-state index contributed by atoms with van der Waals surface area (Å²) in [6, 6.07) is 0. The van der Waals surface area contributed by atoms with Gasteiger partial charge in [-0.15, -0.1) is 0 Å². The fourth-order valence-corrected chi connectivity index (χ4v) is 4.10. The van der Waals surface area contributed by atoms with Crippen LogP contribution < -0.4 is 0 Å². The number of fused-ring (bicyclic) bond motifs is 1. The van der Waals surface area contributed by atoms with Crippen molar-refractivity contribution in [1.82, 2.24) is 0 Å². The van der Waals surface area contributed by atoms with Crippen LogP contribution in [0.1, 0.15) is 39.5 Å². The van der Waals surface area contributed by atoms with Crippen LogP contribution in [0.15, 0.2) is 0 Å². The maximum Gasteiger partial charge on any atom is 0.312 e. The van der Waals surface area contributed by atoms with Gasteiger partial charge in [-0.2, -0.15) is 0 Å². The van der Waals surface area contributed by atoms with Gasteiger partial charge in [0.25, 0.3) is 0 Å². The maximum absolute atomic E-state index is 11.9. The van der Waals surface area contributed by atoms with Gasteiger partial charge in [0, 0.05) is 5.92 Å². The van der Waals surface area contributed by atoms with Crippen LogP contribution in [-0.2, 0) is 9.53 Å². The fourth-order valence-electron chi connectivity index (χ4n) is 4.10. The van der Waals surface area contributed by atoms with Crippen molar-refractivity contribution in [1.29, 1.82) is 0 Å². The van der Waals surface area contributed by atoms with Gasteiger partial charge in [-0.25, -0.2) is 0 Å². The molecule has 5 atom stereocenters. The molecule has 3 aliphatic rings. The minimum absolute atomic E-state index is 0.0450. The van der Waals surface area contributed by atoms with E-state index in [2.05, 4.69) is 13.8 Å². The van der Waals surface area contributed by atoms with Crippen molar-refractivity contribution < 1.29 is 9.53 Å². The molecule has 4 unspecified atom stereocenters. The Morgan fingerprint density at radius 2 is 2.21 bits per heavy atom.